The second-order valence-corrected chi connectivity index (χ2v) is 5.18. The smallest absolute Gasteiger partial charge is 0.191 e. The largest absolute Gasteiger partial charge is 0.479 e. The van der Waals surface area contributed by atoms with E-state index in [1.54, 1.807) is 6.07 Å². The van der Waals surface area contributed by atoms with Crippen LogP contribution in [0, 0.1) is 17.6 Å². The second-order valence-electron chi connectivity index (χ2n) is 5.18. The Kier molecular flexibility index (Phi) is 5.27. The lowest BCUT2D eigenvalue weighted by Crippen LogP contribution is -2.19. The topological polar surface area (TPSA) is 47.3 Å². The molecular weight excluding hydrogens is 278 g/mol. The Hall–Kier alpha value is -1.95. The van der Waals surface area contributed by atoms with Gasteiger partial charge in [0.2, 0.25) is 0 Å². The number of aromatic nitrogens is 1. The number of nitrogens with zero attached hydrogens (tertiary/aromatic N) is 1. The molecule has 2 aromatic rings. The van der Waals surface area contributed by atoms with Gasteiger partial charge < -0.3 is 14.6 Å². The molecule has 0 bridgehead atoms. The number of rotatable bonds is 7. The molecule has 0 fully saturated rings. The standard InChI is InChI=1S/C15H18F2N2O2/c1-10(2)7-18-8-11-5-13(16)15(14(17)6-11)20-9-12-3-4-19-21-12/h3-6,10,18H,7-9H2,1-2H3. The van der Waals surface area contributed by atoms with Crippen LogP contribution in [-0.4, -0.2) is 11.7 Å². The van der Waals surface area contributed by atoms with E-state index in [1.807, 2.05) is 0 Å². The normalized spacial score (nSPS) is 11.1. The SMILES string of the molecule is CC(C)CNCc1cc(F)c(OCc2ccno2)c(F)c1. The molecule has 2 rings (SSSR count). The zero-order chi connectivity index (χ0) is 15.2. The van der Waals surface area contributed by atoms with Gasteiger partial charge in [-0.3, -0.25) is 0 Å². The summed E-state index contributed by atoms with van der Waals surface area (Å²) in [5.41, 5.74) is 0.540. The summed E-state index contributed by atoms with van der Waals surface area (Å²) in [5.74, 6) is -0.980. The molecule has 4 nitrogen and oxygen atoms in total. The highest BCUT2D eigenvalue weighted by atomic mass is 19.1. The maximum Gasteiger partial charge on any atom is 0.191 e. The molecule has 1 aromatic carbocycles. The molecule has 6 heteroatoms. The van der Waals surface area contributed by atoms with Crippen molar-refractivity contribution in [1.29, 1.82) is 0 Å². The van der Waals surface area contributed by atoms with Crippen LogP contribution >= 0.6 is 0 Å². The van der Waals surface area contributed by atoms with Crippen LogP contribution in [0.5, 0.6) is 5.75 Å². The van der Waals surface area contributed by atoms with E-state index in [9.17, 15) is 8.78 Å². The Balaban J connectivity index is 1.99. The fraction of sp³-hybridized carbons (Fsp3) is 0.400. The monoisotopic (exact) mass is 296 g/mol. The molecule has 1 aromatic heterocycles. The summed E-state index contributed by atoms with van der Waals surface area (Å²) in [6.45, 7) is 5.25. The van der Waals surface area contributed by atoms with Gasteiger partial charge in [0.15, 0.2) is 23.1 Å². The summed E-state index contributed by atoms with van der Waals surface area (Å²) in [7, 11) is 0. The zero-order valence-corrected chi connectivity index (χ0v) is 12.0. The van der Waals surface area contributed by atoms with E-state index in [-0.39, 0.29) is 6.61 Å². The Morgan fingerprint density at radius 1 is 1.29 bits per heavy atom. The molecule has 0 radical (unpaired) electrons. The lowest BCUT2D eigenvalue weighted by molar-refractivity contribution is 0.230. The van der Waals surface area contributed by atoms with Crippen molar-refractivity contribution in [1.82, 2.24) is 10.5 Å². The van der Waals surface area contributed by atoms with Gasteiger partial charge in [-0.15, -0.1) is 0 Å². The molecule has 21 heavy (non-hydrogen) atoms. The lowest BCUT2D eigenvalue weighted by Gasteiger charge is -2.11. The van der Waals surface area contributed by atoms with Crippen molar-refractivity contribution >= 4 is 0 Å². The van der Waals surface area contributed by atoms with Gasteiger partial charge in [-0.25, -0.2) is 8.78 Å². The highest BCUT2D eigenvalue weighted by molar-refractivity contribution is 5.31. The van der Waals surface area contributed by atoms with E-state index in [1.165, 1.54) is 18.3 Å². The lowest BCUT2D eigenvalue weighted by atomic mass is 10.1. The third kappa shape index (κ3) is 4.53. The van der Waals surface area contributed by atoms with Gasteiger partial charge in [0.25, 0.3) is 0 Å². The first-order chi connectivity index (χ1) is 10.1. The number of hydrogen-bond acceptors (Lipinski definition) is 4. The molecule has 0 aliphatic heterocycles. The highest BCUT2D eigenvalue weighted by Gasteiger charge is 2.13. The van der Waals surface area contributed by atoms with E-state index < -0.39 is 17.4 Å². The Labute approximate surface area is 122 Å². The first-order valence-corrected chi connectivity index (χ1v) is 6.77. The van der Waals surface area contributed by atoms with E-state index >= 15 is 0 Å². The number of halogens is 2. The van der Waals surface area contributed by atoms with Crippen molar-refractivity contribution in [2.45, 2.75) is 27.0 Å². The van der Waals surface area contributed by atoms with Crippen molar-refractivity contribution in [2.75, 3.05) is 6.54 Å². The number of benzene rings is 1. The van der Waals surface area contributed by atoms with Gasteiger partial charge >= 0.3 is 0 Å². The molecule has 0 atom stereocenters. The van der Waals surface area contributed by atoms with E-state index in [4.69, 9.17) is 9.26 Å². The first kappa shape index (κ1) is 15.4. The van der Waals surface area contributed by atoms with Crippen molar-refractivity contribution in [2.24, 2.45) is 5.92 Å². The van der Waals surface area contributed by atoms with Crippen molar-refractivity contribution in [3.05, 3.63) is 47.4 Å². The summed E-state index contributed by atoms with van der Waals surface area (Å²) in [6, 6.07) is 4.11. The van der Waals surface area contributed by atoms with E-state index in [0.29, 0.717) is 23.8 Å². The third-order valence-electron chi connectivity index (χ3n) is 2.79. The second kappa shape index (κ2) is 7.17. The summed E-state index contributed by atoms with van der Waals surface area (Å²) in [4.78, 5) is 0. The maximum atomic E-state index is 13.9. The quantitative estimate of drug-likeness (QED) is 0.852. The summed E-state index contributed by atoms with van der Waals surface area (Å²) in [5, 5.41) is 6.62. The molecule has 0 aliphatic carbocycles. The number of hydrogen-bond donors (Lipinski definition) is 1. The minimum absolute atomic E-state index is 0.0706. The van der Waals surface area contributed by atoms with Gasteiger partial charge in [0.05, 0.1) is 6.20 Å². The average molecular weight is 296 g/mol. The summed E-state index contributed by atoms with van der Waals surface area (Å²) >= 11 is 0. The fourth-order valence-corrected chi connectivity index (χ4v) is 1.82. The van der Waals surface area contributed by atoms with Crippen molar-refractivity contribution in [3.63, 3.8) is 0 Å². The van der Waals surface area contributed by atoms with Crippen LogP contribution in [0.3, 0.4) is 0 Å². The molecule has 1 N–H and O–H groups in total. The average Bonchev–Trinajstić information content (AvgIpc) is 2.90. The first-order valence-electron chi connectivity index (χ1n) is 6.77. The number of nitrogens with one attached hydrogen (secondary N) is 1. The summed E-state index contributed by atoms with van der Waals surface area (Å²) in [6.07, 6.45) is 1.44. The number of ether oxygens (including phenoxy) is 1. The Morgan fingerprint density at radius 2 is 2.00 bits per heavy atom. The summed E-state index contributed by atoms with van der Waals surface area (Å²) < 4.78 is 37.7. The van der Waals surface area contributed by atoms with E-state index in [2.05, 4.69) is 24.3 Å². The molecule has 114 valence electrons. The molecule has 0 unspecified atom stereocenters. The van der Waals surface area contributed by atoms with Gasteiger partial charge in [-0.2, -0.15) is 0 Å². The third-order valence-corrected chi connectivity index (χ3v) is 2.79. The molecular formula is C15H18F2N2O2. The molecule has 0 spiro atoms. The van der Waals surface area contributed by atoms with Crippen LogP contribution in [0.1, 0.15) is 25.2 Å². The Bertz CT molecular complexity index is 548. The van der Waals surface area contributed by atoms with E-state index in [0.717, 1.165) is 6.54 Å². The van der Waals surface area contributed by atoms with Crippen LogP contribution in [-0.2, 0) is 13.2 Å². The fourth-order valence-electron chi connectivity index (χ4n) is 1.82. The van der Waals surface area contributed by atoms with Crippen LogP contribution in [0.2, 0.25) is 0 Å². The van der Waals surface area contributed by atoms with Crippen molar-refractivity contribution in [3.8, 4) is 5.75 Å². The predicted molar refractivity (Wildman–Crippen MR) is 73.7 cm³/mol. The highest BCUT2D eigenvalue weighted by Crippen LogP contribution is 2.24. The Morgan fingerprint density at radius 3 is 2.57 bits per heavy atom. The van der Waals surface area contributed by atoms with Crippen LogP contribution < -0.4 is 10.1 Å². The molecule has 1 heterocycles. The minimum atomic E-state index is -0.726. The molecule has 0 amide bonds. The van der Waals surface area contributed by atoms with Gasteiger partial charge in [0, 0.05) is 12.6 Å². The molecule has 0 aliphatic rings. The molecule has 0 saturated heterocycles. The maximum absolute atomic E-state index is 13.9. The zero-order valence-electron chi connectivity index (χ0n) is 12.0. The molecule has 0 saturated carbocycles. The van der Waals surface area contributed by atoms with Gasteiger partial charge in [-0.1, -0.05) is 19.0 Å². The van der Waals surface area contributed by atoms with Gasteiger partial charge in [0.1, 0.15) is 6.61 Å². The van der Waals surface area contributed by atoms with Crippen LogP contribution in [0.4, 0.5) is 8.78 Å². The van der Waals surface area contributed by atoms with Crippen molar-refractivity contribution < 1.29 is 18.0 Å². The minimum Gasteiger partial charge on any atom is -0.479 e. The van der Waals surface area contributed by atoms with Gasteiger partial charge in [-0.05, 0) is 30.2 Å². The van der Waals surface area contributed by atoms with Crippen LogP contribution in [0.25, 0.3) is 0 Å². The predicted octanol–water partition coefficient (Wildman–Crippen LogP) is 3.28. The van der Waals surface area contributed by atoms with Crippen LogP contribution in [0.15, 0.2) is 28.9 Å².